The molecule has 0 N–H and O–H groups in total. The fraction of sp³-hybridized carbons (Fsp3) is 0. The molecule has 3 nitrogen and oxygen atoms in total. The van der Waals surface area contributed by atoms with Gasteiger partial charge in [-0.05, 0) is 47.6 Å². The van der Waals surface area contributed by atoms with Crippen LogP contribution in [0.2, 0.25) is 0 Å². The predicted molar refractivity (Wildman–Crippen MR) is 173 cm³/mol. The van der Waals surface area contributed by atoms with E-state index in [0.717, 1.165) is 38.8 Å². The Bertz CT molecular complexity index is 1890. The molecule has 0 bridgehead atoms. The number of fused-ring (bicyclic) bond motifs is 3. The Morgan fingerprint density at radius 3 is 1.51 bits per heavy atom. The average Bonchev–Trinajstić information content (AvgIpc) is 3.19. The second-order valence-electron chi connectivity index (χ2n) is 9.51. The zero-order valence-electron chi connectivity index (χ0n) is 22.1. The van der Waals surface area contributed by atoms with Crippen LogP contribution in [0, 0.1) is 0 Å². The molecule has 0 atom stereocenters. The lowest BCUT2D eigenvalue weighted by molar-refractivity contribution is 0.499. The van der Waals surface area contributed by atoms with E-state index in [-0.39, 0.29) is 0 Å². The molecule has 0 spiro atoms. The number of rotatable bonds is 6. The molecule has 0 radical (unpaired) electrons. The van der Waals surface area contributed by atoms with Crippen LogP contribution in [0.25, 0.3) is 33.1 Å². The zero-order valence-corrected chi connectivity index (χ0v) is 23.9. The van der Waals surface area contributed by atoms with E-state index in [0.29, 0.717) is 0 Å². The standard InChI is InChI=1S/C36H26O3P2/c1-3-15-27(16-4-1)40(28-17-5-2-6-18-28)36-26-14-10-22-32(36)31-21-9-13-25-35(31)39-41-37-33-23-11-7-19-29(33)30-20-8-12-24-34(30)38-41/h1-26H. The summed E-state index contributed by atoms with van der Waals surface area (Å²) >= 11 is 0. The van der Waals surface area contributed by atoms with Gasteiger partial charge in [0.15, 0.2) is 0 Å². The molecular formula is C36H26O3P2. The quantitative estimate of drug-likeness (QED) is 0.187. The first-order chi connectivity index (χ1) is 20.3. The van der Waals surface area contributed by atoms with Gasteiger partial charge in [-0.15, -0.1) is 0 Å². The number of hydrogen-bond acceptors (Lipinski definition) is 3. The summed E-state index contributed by atoms with van der Waals surface area (Å²) in [7, 11) is -2.57. The molecule has 0 saturated heterocycles. The van der Waals surface area contributed by atoms with Crippen molar-refractivity contribution in [3.05, 3.63) is 158 Å². The maximum absolute atomic E-state index is 6.61. The van der Waals surface area contributed by atoms with Crippen molar-refractivity contribution in [2.24, 2.45) is 0 Å². The topological polar surface area (TPSA) is 35.5 Å². The van der Waals surface area contributed by atoms with Gasteiger partial charge in [0.05, 0.1) is 0 Å². The van der Waals surface area contributed by atoms with Crippen molar-refractivity contribution in [3.8, 4) is 16.9 Å². The molecule has 0 aliphatic heterocycles. The Labute approximate surface area is 241 Å². The molecule has 198 valence electrons. The Morgan fingerprint density at radius 2 is 0.902 bits per heavy atom. The van der Waals surface area contributed by atoms with Crippen molar-refractivity contribution in [2.45, 2.75) is 0 Å². The van der Waals surface area contributed by atoms with Gasteiger partial charge in [-0.2, -0.15) is 0 Å². The monoisotopic (exact) mass is 568 g/mol. The van der Waals surface area contributed by atoms with Gasteiger partial charge in [0.25, 0.3) is 0 Å². The van der Waals surface area contributed by atoms with Crippen LogP contribution in [-0.2, 0) is 0 Å². The Kier molecular flexibility index (Phi) is 7.14. The summed E-state index contributed by atoms with van der Waals surface area (Å²) in [6, 6.07) is 54.3. The molecule has 0 amide bonds. The molecule has 5 heteroatoms. The molecule has 6 aromatic carbocycles. The van der Waals surface area contributed by atoms with E-state index >= 15 is 0 Å². The van der Waals surface area contributed by atoms with E-state index in [2.05, 4.69) is 109 Å². The van der Waals surface area contributed by atoms with Crippen molar-refractivity contribution in [3.63, 3.8) is 0 Å². The third-order valence-corrected chi connectivity index (χ3v) is 10.5. The Balaban J connectivity index is 1.39. The summed E-state index contributed by atoms with van der Waals surface area (Å²) in [4.78, 5) is 0. The van der Waals surface area contributed by atoms with Crippen LogP contribution in [0.15, 0.2) is 166 Å². The lowest BCUT2D eigenvalue weighted by Gasteiger charge is -2.23. The van der Waals surface area contributed by atoms with Crippen LogP contribution in [0.3, 0.4) is 0 Å². The van der Waals surface area contributed by atoms with Crippen LogP contribution >= 0.6 is 16.2 Å². The van der Waals surface area contributed by atoms with Gasteiger partial charge in [0.2, 0.25) is 0 Å². The largest absolute Gasteiger partial charge is 0.453 e. The van der Waals surface area contributed by atoms with Crippen LogP contribution in [-0.4, -0.2) is 0 Å². The molecule has 7 aromatic rings. The molecule has 0 saturated carbocycles. The molecule has 1 aromatic heterocycles. The van der Waals surface area contributed by atoms with Crippen LogP contribution in [0.1, 0.15) is 0 Å². The maximum Gasteiger partial charge on any atom is 0.453 e. The van der Waals surface area contributed by atoms with E-state index in [9.17, 15) is 0 Å². The van der Waals surface area contributed by atoms with Gasteiger partial charge < -0.3 is 12.9 Å². The Morgan fingerprint density at radius 1 is 0.439 bits per heavy atom. The molecule has 0 unspecified atom stereocenters. The molecule has 41 heavy (non-hydrogen) atoms. The lowest BCUT2D eigenvalue weighted by atomic mass is 10.0. The fourth-order valence-corrected chi connectivity index (χ4v) is 8.62. The van der Waals surface area contributed by atoms with Crippen LogP contribution < -0.4 is 20.4 Å². The minimum absolute atomic E-state index is 0.721. The second-order valence-corrected chi connectivity index (χ2v) is 12.7. The summed E-state index contributed by atoms with van der Waals surface area (Å²) in [6.45, 7) is 0. The van der Waals surface area contributed by atoms with E-state index < -0.39 is 16.2 Å². The summed E-state index contributed by atoms with van der Waals surface area (Å²) in [5.74, 6) is 0.721. The number of para-hydroxylation sites is 3. The third kappa shape index (κ3) is 5.19. The first-order valence-corrected chi connectivity index (χ1v) is 15.9. The highest BCUT2D eigenvalue weighted by Crippen LogP contribution is 2.43. The van der Waals surface area contributed by atoms with Crippen molar-refractivity contribution >= 4 is 54.0 Å². The van der Waals surface area contributed by atoms with E-state index in [1.165, 1.54) is 15.9 Å². The lowest BCUT2D eigenvalue weighted by Crippen LogP contribution is -2.22. The smallest absolute Gasteiger partial charge is 0.390 e. The molecule has 0 aliphatic rings. The van der Waals surface area contributed by atoms with E-state index in [1.54, 1.807) is 0 Å². The fourth-order valence-electron chi connectivity index (χ4n) is 5.08. The number of hydrogen-bond donors (Lipinski definition) is 0. The van der Waals surface area contributed by atoms with Crippen LogP contribution in [0.5, 0.6) is 5.75 Å². The summed E-state index contributed by atoms with van der Waals surface area (Å²) in [6.07, 6.45) is 0. The highest BCUT2D eigenvalue weighted by Gasteiger charge is 2.22. The summed E-state index contributed by atoms with van der Waals surface area (Å²) in [5.41, 5.74) is 3.63. The predicted octanol–water partition coefficient (Wildman–Crippen LogP) is 9.56. The average molecular weight is 569 g/mol. The van der Waals surface area contributed by atoms with Gasteiger partial charge in [-0.3, -0.25) is 0 Å². The zero-order chi connectivity index (χ0) is 27.4. The highest BCUT2D eigenvalue weighted by atomic mass is 31.1. The maximum atomic E-state index is 6.61. The molecular weight excluding hydrogens is 542 g/mol. The van der Waals surface area contributed by atoms with Gasteiger partial charge in [-0.25, -0.2) is 0 Å². The van der Waals surface area contributed by atoms with Crippen molar-refractivity contribution < 1.29 is 12.9 Å². The first-order valence-electron chi connectivity index (χ1n) is 13.5. The van der Waals surface area contributed by atoms with Crippen molar-refractivity contribution in [1.82, 2.24) is 0 Å². The van der Waals surface area contributed by atoms with Gasteiger partial charge in [-0.1, -0.05) is 140 Å². The van der Waals surface area contributed by atoms with Crippen molar-refractivity contribution in [2.75, 3.05) is 0 Å². The minimum Gasteiger partial charge on any atom is -0.390 e. The summed E-state index contributed by atoms with van der Waals surface area (Å²) in [5, 5.41) is 5.85. The second kappa shape index (κ2) is 11.5. The van der Waals surface area contributed by atoms with Gasteiger partial charge in [0.1, 0.15) is 16.9 Å². The molecule has 0 aliphatic carbocycles. The third-order valence-electron chi connectivity index (χ3n) is 6.93. The number of benzene rings is 6. The van der Waals surface area contributed by atoms with E-state index in [4.69, 9.17) is 12.9 Å². The minimum atomic E-state index is -1.76. The van der Waals surface area contributed by atoms with Gasteiger partial charge >= 0.3 is 8.24 Å². The molecule has 1 heterocycles. The van der Waals surface area contributed by atoms with E-state index in [1.807, 2.05) is 48.5 Å². The molecule has 7 rings (SSSR count). The van der Waals surface area contributed by atoms with Gasteiger partial charge in [0, 0.05) is 16.3 Å². The van der Waals surface area contributed by atoms with Crippen molar-refractivity contribution in [1.29, 1.82) is 0 Å². The normalized spacial score (nSPS) is 11.1. The SMILES string of the molecule is c1ccc(P(c2ccccc2)c2ccccc2-c2ccccc2Op2oc3ccccc3c3ccccc3o2)cc1. The van der Waals surface area contributed by atoms with Crippen LogP contribution in [0.4, 0.5) is 0 Å². The summed E-state index contributed by atoms with van der Waals surface area (Å²) < 4.78 is 19.4. The highest BCUT2D eigenvalue weighted by molar-refractivity contribution is 7.80. The Hall–Kier alpha value is -4.55. The first kappa shape index (κ1) is 25.4. The molecule has 0 fully saturated rings.